The van der Waals surface area contributed by atoms with Gasteiger partial charge in [0.15, 0.2) is 5.84 Å². The highest BCUT2D eigenvalue weighted by Crippen LogP contribution is 2.20. The van der Waals surface area contributed by atoms with Crippen LogP contribution in [0.2, 0.25) is 0 Å². The first-order chi connectivity index (χ1) is 10.6. The topological polar surface area (TPSA) is 86.8 Å². The van der Waals surface area contributed by atoms with Crippen LogP contribution >= 0.6 is 0 Å². The van der Waals surface area contributed by atoms with Gasteiger partial charge in [0, 0.05) is 27.7 Å². The van der Waals surface area contributed by atoms with Gasteiger partial charge in [0.2, 0.25) is 0 Å². The summed E-state index contributed by atoms with van der Waals surface area (Å²) in [6.07, 6.45) is 1.70. The maximum atomic E-state index is 9.26. The zero-order chi connectivity index (χ0) is 15.5. The van der Waals surface area contributed by atoms with Crippen molar-refractivity contribution in [1.29, 1.82) is 0 Å². The zero-order valence-corrected chi connectivity index (χ0v) is 12.1. The van der Waals surface area contributed by atoms with Crippen LogP contribution in [0.15, 0.2) is 58.7 Å². The predicted molar refractivity (Wildman–Crippen MR) is 89.5 cm³/mol. The third-order valence-electron chi connectivity index (χ3n) is 3.46. The number of phenols is 1. The number of rotatable bonds is 3. The SMILES string of the molecule is Cc1[nH]c2ccccc2c1/C=N/N=C(\N)c1ccc(O)cc1. The number of aromatic amines is 1. The largest absolute Gasteiger partial charge is 0.508 e. The quantitative estimate of drug-likeness (QED) is 0.394. The highest BCUT2D eigenvalue weighted by molar-refractivity contribution is 6.01. The van der Waals surface area contributed by atoms with Crippen LogP contribution < -0.4 is 5.73 Å². The summed E-state index contributed by atoms with van der Waals surface area (Å²) in [6, 6.07) is 14.5. The summed E-state index contributed by atoms with van der Waals surface area (Å²) in [6.45, 7) is 1.99. The number of nitrogens with one attached hydrogen (secondary N) is 1. The van der Waals surface area contributed by atoms with Gasteiger partial charge in [-0.25, -0.2) is 0 Å². The second kappa shape index (κ2) is 5.73. The molecule has 1 heterocycles. The molecule has 5 nitrogen and oxygen atoms in total. The summed E-state index contributed by atoms with van der Waals surface area (Å²) >= 11 is 0. The maximum absolute atomic E-state index is 9.26. The lowest BCUT2D eigenvalue weighted by molar-refractivity contribution is 0.475. The first-order valence-electron chi connectivity index (χ1n) is 6.88. The third kappa shape index (κ3) is 2.69. The lowest BCUT2D eigenvalue weighted by Gasteiger charge is -1.98. The highest BCUT2D eigenvalue weighted by Gasteiger charge is 2.05. The van der Waals surface area contributed by atoms with E-state index in [0.717, 1.165) is 22.2 Å². The standard InChI is InChI=1S/C17H16N4O/c1-11-15(14-4-2-3-5-16(14)20-11)10-19-21-17(18)12-6-8-13(22)9-7-12/h2-10,20,22H,1H3,(H2,18,21)/b19-10+. The molecule has 0 aliphatic heterocycles. The lowest BCUT2D eigenvalue weighted by Crippen LogP contribution is -2.12. The minimum atomic E-state index is 0.189. The van der Waals surface area contributed by atoms with E-state index in [-0.39, 0.29) is 5.75 Å². The predicted octanol–water partition coefficient (Wildman–Crippen LogP) is 2.92. The number of nitrogens with two attached hydrogens (primary N) is 1. The lowest BCUT2D eigenvalue weighted by atomic mass is 10.1. The first-order valence-corrected chi connectivity index (χ1v) is 6.88. The number of phenolic OH excluding ortho intramolecular Hbond substituents is 1. The van der Waals surface area contributed by atoms with Gasteiger partial charge in [-0.3, -0.25) is 0 Å². The number of benzene rings is 2. The van der Waals surface area contributed by atoms with Crippen LogP contribution in [0.4, 0.5) is 0 Å². The van der Waals surface area contributed by atoms with Crippen molar-refractivity contribution in [3.63, 3.8) is 0 Å². The molecule has 0 unspecified atom stereocenters. The molecule has 0 aliphatic carbocycles. The van der Waals surface area contributed by atoms with Crippen molar-refractivity contribution in [2.24, 2.45) is 15.9 Å². The first kappa shape index (κ1) is 13.9. The molecule has 0 aliphatic rings. The molecule has 0 saturated carbocycles. The molecule has 0 radical (unpaired) electrons. The van der Waals surface area contributed by atoms with Gasteiger partial charge in [-0.2, -0.15) is 5.10 Å². The molecule has 2 aromatic carbocycles. The highest BCUT2D eigenvalue weighted by atomic mass is 16.3. The number of H-pyrrole nitrogens is 1. The minimum absolute atomic E-state index is 0.189. The average Bonchev–Trinajstić information content (AvgIpc) is 2.84. The van der Waals surface area contributed by atoms with Crippen LogP contribution in [0.1, 0.15) is 16.8 Å². The molecule has 4 N–H and O–H groups in total. The molecule has 110 valence electrons. The molecule has 0 amide bonds. The molecule has 0 fully saturated rings. The van der Waals surface area contributed by atoms with Crippen molar-refractivity contribution >= 4 is 23.0 Å². The number of hydrogen-bond donors (Lipinski definition) is 3. The second-order valence-corrected chi connectivity index (χ2v) is 4.99. The Hall–Kier alpha value is -3.08. The molecule has 1 aromatic heterocycles. The maximum Gasteiger partial charge on any atom is 0.153 e. The molecule has 3 rings (SSSR count). The average molecular weight is 292 g/mol. The van der Waals surface area contributed by atoms with Gasteiger partial charge in [0.1, 0.15) is 5.75 Å². The van der Waals surface area contributed by atoms with Crippen molar-refractivity contribution in [1.82, 2.24) is 4.98 Å². The summed E-state index contributed by atoms with van der Waals surface area (Å²) in [5, 5.41) is 18.5. The van der Waals surface area contributed by atoms with Gasteiger partial charge in [0.05, 0.1) is 6.21 Å². The van der Waals surface area contributed by atoms with E-state index in [2.05, 4.69) is 15.2 Å². The molecule has 5 heteroatoms. The van der Waals surface area contributed by atoms with E-state index in [0.29, 0.717) is 11.4 Å². The number of amidine groups is 1. The van der Waals surface area contributed by atoms with E-state index in [1.807, 2.05) is 31.2 Å². The van der Waals surface area contributed by atoms with Crippen LogP contribution in [-0.4, -0.2) is 22.1 Å². The Morgan fingerprint density at radius 1 is 1.14 bits per heavy atom. The van der Waals surface area contributed by atoms with Crippen LogP contribution in [0.3, 0.4) is 0 Å². The number of hydrogen-bond acceptors (Lipinski definition) is 3. The van der Waals surface area contributed by atoms with Crippen LogP contribution in [-0.2, 0) is 0 Å². The molecule has 3 aromatic rings. The van der Waals surface area contributed by atoms with Crippen molar-refractivity contribution < 1.29 is 5.11 Å². The number of para-hydroxylation sites is 1. The van der Waals surface area contributed by atoms with Crippen molar-refractivity contribution in [2.75, 3.05) is 0 Å². The summed E-state index contributed by atoms with van der Waals surface area (Å²) in [5.41, 5.74) is 9.69. The second-order valence-electron chi connectivity index (χ2n) is 4.99. The van der Waals surface area contributed by atoms with Gasteiger partial charge in [-0.05, 0) is 37.3 Å². The molecular formula is C17H16N4O. The summed E-state index contributed by atoms with van der Waals surface area (Å²) in [5.74, 6) is 0.489. The fourth-order valence-electron chi connectivity index (χ4n) is 2.30. The molecule has 0 spiro atoms. The Bertz CT molecular complexity index is 860. The fourth-order valence-corrected chi connectivity index (χ4v) is 2.30. The Morgan fingerprint density at radius 3 is 2.64 bits per heavy atom. The number of aromatic hydroxyl groups is 1. The van der Waals surface area contributed by atoms with Crippen molar-refractivity contribution in [3.05, 3.63) is 65.4 Å². The molecule has 0 bridgehead atoms. The fraction of sp³-hybridized carbons (Fsp3) is 0.0588. The van der Waals surface area contributed by atoms with E-state index < -0.39 is 0 Å². The van der Waals surface area contributed by atoms with E-state index in [1.54, 1.807) is 30.5 Å². The van der Waals surface area contributed by atoms with E-state index in [1.165, 1.54) is 0 Å². The number of nitrogens with zero attached hydrogens (tertiary/aromatic N) is 2. The van der Waals surface area contributed by atoms with E-state index >= 15 is 0 Å². The zero-order valence-electron chi connectivity index (χ0n) is 12.1. The Kier molecular flexibility index (Phi) is 3.62. The van der Waals surface area contributed by atoms with Gasteiger partial charge in [-0.1, -0.05) is 18.2 Å². The molecule has 0 saturated heterocycles. The van der Waals surface area contributed by atoms with Gasteiger partial charge >= 0.3 is 0 Å². The van der Waals surface area contributed by atoms with Gasteiger partial charge < -0.3 is 15.8 Å². The monoisotopic (exact) mass is 292 g/mol. The Morgan fingerprint density at radius 2 is 1.86 bits per heavy atom. The summed E-state index contributed by atoms with van der Waals surface area (Å²) in [4.78, 5) is 3.30. The van der Waals surface area contributed by atoms with Gasteiger partial charge in [0.25, 0.3) is 0 Å². The Balaban J connectivity index is 1.88. The summed E-state index contributed by atoms with van der Waals surface area (Å²) in [7, 11) is 0. The number of aryl methyl sites for hydroxylation is 1. The Labute approximate surface area is 127 Å². The van der Waals surface area contributed by atoms with Crippen molar-refractivity contribution in [2.45, 2.75) is 6.92 Å². The molecular weight excluding hydrogens is 276 g/mol. The minimum Gasteiger partial charge on any atom is -0.508 e. The normalized spacial score (nSPS) is 12.3. The van der Waals surface area contributed by atoms with Crippen molar-refractivity contribution in [3.8, 4) is 5.75 Å². The van der Waals surface area contributed by atoms with Crippen LogP contribution in [0.5, 0.6) is 5.75 Å². The smallest absolute Gasteiger partial charge is 0.153 e. The van der Waals surface area contributed by atoms with Gasteiger partial charge in [-0.15, -0.1) is 5.10 Å². The number of fused-ring (bicyclic) bond motifs is 1. The molecule has 22 heavy (non-hydrogen) atoms. The van der Waals surface area contributed by atoms with Crippen LogP contribution in [0.25, 0.3) is 10.9 Å². The number of aromatic nitrogens is 1. The van der Waals surface area contributed by atoms with E-state index in [9.17, 15) is 5.11 Å². The van der Waals surface area contributed by atoms with E-state index in [4.69, 9.17) is 5.73 Å². The molecule has 0 atom stereocenters. The summed E-state index contributed by atoms with van der Waals surface area (Å²) < 4.78 is 0. The van der Waals surface area contributed by atoms with Crippen LogP contribution in [0, 0.1) is 6.92 Å². The third-order valence-corrected chi connectivity index (χ3v) is 3.46.